The minimum absolute atomic E-state index is 0.117. The Labute approximate surface area is 103 Å². The molecule has 1 amide bonds. The topological polar surface area (TPSA) is 29.1 Å². The van der Waals surface area contributed by atoms with E-state index in [1.165, 1.54) is 5.56 Å². The summed E-state index contributed by atoms with van der Waals surface area (Å²) in [6.07, 6.45) is 8.50. The normalized spacial score (nSPS) is 10.7. The molecule has 0 fully saturated rings. The minimum Gasteiger partial charge on any atom is -0.342 e. The van der Waals surface area contributed by atoms with Crippen LogP contribution in [0.4, 0.5) is 0 Å². The quantitative estimate of drug-likeness (QED) is 0.607. The molecule has 0 atom stereocenters. The molecule has 0 aliphatic rings. The third-order valence-electron chi connectivity index (χ3n) is 2.39. The van der Waals surface area contributed by atoms with Gasteiger partial charge in [0.15, 0.2) is 0 Å². The van der Waals surface area contributed by atoms with Crippen molar-refractivity contribution in [2.24, 2.45) is 0 Å². The predicted octanol–water partition coefficient (Wildman–Crippen LogP) is 2.31. The maximum absolute atomic E-state index is 11.3. The van der Waals surface area contributed by atoms with E-state index in [9.17, 15) is 4.79 Å². The van der Waals surface area contributed by atoms with Crippen LogP contribution in [0.1, 0.15) is 18.9 Å². The molecule has 0 heterocycles. The molecule has 0 spiro atoms. The Morgan fingerprint density at radius 2 is 2.12 bits per heavy atom. The zero-order valence-corrected chi connectivity index (χ0v) is 10.1. The number of rotatable bonds is 5. The lowest BCUT2D eigenvalue weighted by Gasteiger charge is -2.02. The van der Waals surface area contributed by atoms with Crippen LogP contribution in [0.5, 0.6) is 0 Å². The van der Waals surface area contributed by atoms with Crippen LogP contribution in [-0.2, 0) is 11.2 Å². The molecule has 0 radical (unpaired) electrons. The Morgan fingerprint density at radius 3 is 2.76 bits per heavy atom. The van der Waals surface area contributed by atoms with Crippen molar-refractivity contribution in [1.82, 2.24) is 5.32 Å². The Balaban J connectivity index is 2.39. The van der Waals surface area contributed by atoms with Gasteiger partial charge in [0.05, 0.1) is 6.54 Å². The van der Waals surface area contributed by atoms with Crippen LogP contribution in [0, 0.1) is 12.3 Å². The van der Waals surface area contributed by atoms with Gasteiger partial charge in [0, 0.05) is 6.08 Å². The molecule has 1 rings (SSSR count). The number of hydrogen-bond donors (Lipinski definition) is 1. The van der Waals surface area contributed by atoms with Gasteiger partial charge in [-0.25, -0.2) is 0 Å². The van der Waals surface area contributed by atoms with Gasteiger partial charge in [-0.2, -0.15) is 0 Å². The molecule has 1 aromatic rings. The first-order valence-electron chi connectivity index (χ1n) is 5.65. The minimum atomic E-state index is -0.117. The van der Waals surface area contributed by atoms with Crippen LogP contribution < -0.4 is 5.32 Å². The Morgan fingerprint density at radius 1 is 1.41 bits per heavy atom. The maximum atomic E-state index is 11.3. The highest BCUT2D eigenvalue weighted by Gasteiger charge is 1.98. The summed E-state index contributed by atoms with van der Waals surface area (Å²) in [5.41, 5.74) is 2.34. The van der Waals surface area contributed by atoms with Crippen molar-refractivity contribution >= 4 is 5.91 Å². The van der Waals surface area contributed by atoms with Crippen molar-refractivity contribution in [2.75, 3.05) is 6.54 Å². The van der Waals surface area contributed by atoms with Gasteiger partial charge in [0.1, 0.15) is 0 Å². The van der Waals surface area contributed by atoms with E-state index in [-0.39, 0.29) is 12.5 Å². The number of benzene rings is 1. The van der Waals surface area contributed by atoms with E-state index in [0.29, 0.717) is 0 Å². The highest BCUT2D eigenvalue weighted by molar-refractivity contribution is 5.88. The molecule has 0 aliphatic carbocycles. The molecular weight excluding hydrogens is 210 g/mol. The fourth-order valence-electron chi connectivity index (χ4n) is 1.47. The van der Waals surface area contributed by atoms with Gasteiger partial charge in [0.25, 0.3) is 0 Å². The number of nitrogens with one attached hydrogen (secondary N) is 1. The molecule has 2 nitrogen and oxygen atoms in total. The average molecular weight is 227 g/mol. The van der Waals surface area contributed by atoms with Gasteiger partial charge in [-0.05, 0) is 25.3 Å². The van der Waals surface area contributed by atoms with Crippen LogP contribution in [0.2, 0.25) is 0 Å². The number of amides is 1. The van der Waals surface area contributed by atoms with Crippen LogP contribution >= 0.6 is 0 Å². The number of carbonyl (C=O) groups is 1. The van der Waals surface area contributed by atoms with E-state index in [2.05, 4.69) is 23.4 Å². The van der Waals surface area contributed by atoms with Crippen molar-refractivity contribution < 1.29 is 4.79 Å². The standard InChI is InChI=1S/C15H17NO/c1-3-11-16-15(17)12-13(2)9-10-14-7-5-4-6-8-14/h1,4-8,12H,9-11H2,2H3,(H,16,17)/b13-12+. The average Bonchev–Trinajstić information content (AvgIpc) is 2.35. The first-order valence-corrected chi connectivity index (χ1v) is 5.65. The van der Waals surface area contributed by atoms with Crippen LogP contribution in [-0.4, -0.2) is 12.5 Å². The Kier molecular flexibility index (Phi) is 5.60. The fourth-order valence-corrected chi connectivity index (χ4v) is 1.47. The molecule has 1 aromatic carbocycles. The number of aryl methyl sites for hydroxylation is 1. The zero-order chi connectivity index (χ0) is 12.5. The van der Waals surface area contributed by atoms with Gasteiger partial charge in [-0.15, -0.1) is 6.42 Å². The van der Waals surface area contributed by atoms with Crippen molar-refractivity contribution in [2.45, 2.75) is 19.8 Å². The maximum Gasteiger partial charge on any atom is 0.244 e. The number of terminal acetylenes is 1. The molecule has 1 N–H and O–H groups in total. The summed E-state index contributed by atoms with van der Waals surface area (Å²) < 4.78 is 0. The van der Waals surface area contributed by atoms with E-state index in [4.69, 9.17) is 6.42 Å². The van der Waals surface area contributed by atoms with Crippen molar-refractivity contribution in [3.63, 3.8) is 0 Å². The third kappa shape index (κ3) is 5.58. The molecule has 0 saturated carbocycles. The van der Waals surface area contributed by atoms with Gasteiger partial charge in [-0.1, -0.05) is 41.8 Å². The lowest BCUT2D eigenvalue weighted by Crippen LogP contribution is -2.21. The monoisotopic (exact) mass is 227 g/mol. The molecule has 0 aliphatic heterocycles. The van der Waals surface area contributed by atoms with E-state index < -0.39 is 0 Å². The fraction of sp³-hybridized carbons (Fsp3) is 0.267. The molecular formula is C15H17NO. The lowest BCUT2D eigenvalue weighted by molar-refractivity contribution is -0.116. The van der Waals surface area contributed by atoms with E-state index in [1.54, 1.807) is 6.08 Å². The van der Waals surface area contributed by atoms with Crippen molar-refractivity contribution in [1.29, 1.82) is 0 Å². The van der Waals surface area contributed by atoms with Crippen LogP contribution in [0.15, 0.2) is 42.0 Å². The first kappa shape index (κ1) is 13.1. The van der Waals surface area contributed by atoms with Crippen molar-refractivity contribution in [3.8, 4) is 12.3 Å². The molecule has 17 heavy (non-hydrogen) atoms. The molecule has 0 saturated heterocycles. The van der Waals surface area contributed by atoms with Gasteiger partial charge in [0.2, 0.25) is 5.91 Å². The summed E-state index contributed by atoms with van der Waals surface area (Å²) in [6.45, 7) is 2.24. The molecule has 0 unspecified atom stereocenters. The second-order valence-corrected chi connectivity index (χ2v) is 3.90. The number of hydrogen-bond acceptors (Lipinski definition) is 1. The summed E-state index contributed by atoms with van der Waals surface area (Å²) in [7, 11) is 0. The van der Waals surface area contributed by atoms with E-state index >= 15 is 0 Å². The van der Waals surface area contributed by atoms with Crippen LogP contribution in [0.3, 0.4) is 0 Å². The molecule has 2 heteroatoms. The van der Waals surface area contributed by atoms with Crippen LogP contribution in [0.25, 0.3) is 0 Å². The van der Waals surface area contributed by atoms with Gasteiger partial charge < -0.3 is 5.32 Å². The summed E-state index contributed by atoms with van der Waals surface area (Å²) >= 11 is 0. The molecule has 0 bridgehead atoms. The zero-order valence-electron chi connectivity index (χ0n) is 10.1. The first-order chi connectivity index (χ1) is 8.22. The highest BCUT2D eigenvalue weighted by atomic mass is 16.1. The lowest BCUT2D eigenvalue weighted by atomic mass is 10.1. The van der Waals surface area contributed by atoms with E-state index in [0.717, 1.165) is 18.4 Å². The molecule has 88 valence electrons. The number of allylic oxidation sites excluding steroid dienone is 1. The SMILES string of the molecule is C#CCNC(=O)/C=C(\C)CCc1ccccc1. The Bertz CT molecular complexity index is 426. The number of carbonyl (C=O) groups excluding carboxylic acids is 1. The predicted molar refractivity (Wildman–Crippen MR) is 70.4 cm³/mol. The smallest absolute Gasteiger partial charge is 0.244 e. The van der Waals surface area contributed by atoms with Gasteiger partial charge >= 0.3 is 0 Å². The van der Waals surface area contributed by atoms with Gasteiger partial charge in [-0.3, -0.25) is 4.79 Å². The van der Waals surface area contributed by atoms with E-state index in [1.807, 2.05) is 25.1 Å². The summed E-state index contributed by atoms with van der Waals surface area (Å²) in [5.74, 6) is 2.25. The molecule has 0 aromatic heterocycles. The summed E-state index contributed by atoms with van der Waals surface area (Å²) in [5, 5.41) is 2.61. The Hall–Kier alpha value is -2.01. The largest absolute Gasteiger partial charge is 0.342 e. The summed E-state index contributed by atoms with van der Waals surface area (Å²) in [6, 6.07) is 10.2. The second kappa shape index (κ2) is 7.29. The summed E-state index contributed by atoms with van der Waals surface area (Å²) in [4.78, 5) is 11.3. The third-order valence-corrected chi connectivity index (χ3v) is 2.39. The van der Waals surface area contributed by atoms with Crippen molar-refractivity contribution in [3.05, 3.63) is 47.5 Å². The highest BCUT2D eigenvalue weighted by Crippen LogP contribution is 2.08. The second-order valence-electron chi connectivity index (χ2n) is 3.90.